The van der Waals surface area contributed by atoms with Gasteiger partial charge in [0.1, 0.15) is 12.4 Å². The van der Waals surface area contributed by atoms with E-state index in [1.165, 1.54) is 21.3 Å². The molecular formula is C20H20FN3O4S. The minimum atomic E-state index is -3.83. The van der Waals surface area contributed by atoms with Gasteiger partial charge in [0.25, 0.3) is 0 Å². The number of hydrogen-bond donors (Lipinski definition) is 1. The Morgan fingerprint density at radius 3 is 2.59 bits per heavy atom. The molecule has 2 aliphatic heterocycles. The van der Waals surface area contributed by atoms with Gasteiger partial charge in [-0.05, 0) is 49.2 Å². The number of sulfonamides is 1. The average Bonchev–Trinajstić information content (AvgIpc) is 2.73. The number of anilines is 2. The molecule has 29 heavy (non-hydrogen) atoms. The lowest BCUT2D eigenvalue weighted by Crippen LogP contribution is -2.50. The number of carbonyl (C=O) groups excluding carboxylic acids is 2. The predicted molar refractivity (Wildman–Crippen MR) is 105 cm³/mol. The minimum Gasteiger partial charge on any atom is -0.323 e. The molecule has 2 aliphatic rings. The van der Waals surface area contributed by atoms with E-state index in [0.29, 0.717) is 30.8 Å². The first kappa shape index (κ1) is 19.5. The van der Waals surface area contributed by atoms with Gasteiger partial charge >= 0.3 is 0 Å². The number of hydrogen-bond acceptors (Lipinski definition) is 4. The van der Waals surface area contributed by atoms with Gasteiger partial charge in [-0.15, -0.1) is 0 Å². The summed E-state index contributed by atoms with van der Waals surface area (Å²) >= 11 is 0. The molecule has 2 amide bonds. The molecule has 0 saturated carbocycles. The van der Waals surface area contributed by atoms with Crippen molar-refractivity contribution in [3.8, 4) is 0 Å². The van der Waals surface area contributed by atoms with Crippen molar-refractivity contribution in [3.63, 3.8) is 0 Å². The van der Waals surface area contributed by atoms with Gasteiger partial charge in [-0.3, -0.25) is 9.59 Å². The number of amides is 2. The molecule has 0 bridgehead atoms. The first-order chi connectivity index (χ1) is 13.9. The van der Waals surface area contributed by atoms with Gasteiger partial charge in [0.05, 0.1) is 22.2 Å². The number of nitrogens with one attached hydrogen (secondary N) is 1. The Morgan fingerprint density at radius 2 is 1.83 bits per heavy atom. The SMILES string of the molecule is O=C1CN(C(=O)[C@@H]2CCCN(S(=O)(=O)c3ccc(F)cc3)C2)c2ccccc2N1. The highest BCUT2D eigenvalue weighted by Crippen LogP contribution is 2.32. The molecule has 2 aromatic carbocycles. The van der Waals surface area contributed by atoms with Crippen molar-refractivity contribution in [2.75, 3.05) is 29.9 Å². The second-order valence-corrected chi connectivity index (χ2v) is 9.08. The molecule has 2 heterocycles. The van der Waals surface area contributed by atoms with Crippen molar-refractivity contribution in [3.05, 3.63) is 54.3 Å². The van der Waals surface area contributed by atoms with E-state index in [1.54, 1.807) is 24.3 Å². The van der Waals surface area contributed by atoms with Gasteiger partial charge in [-0.2, -0.15) is 4.31 Å². The predicted octanol–water partition coefficient (Wildman–Crippen LogP) is 2.21. The van der Waals surface area contributed by atoms with E-state index in [2.05, 4.69) is 5.32 Å². The Kier molecular flexibility index (Phi) is 5.10. The second kappa shape index (κ2) is 7.57. The first-order valence-electron chi connectivity index (χ1n) is 9.32. The van der Waals surface area contributed by atoms with E-state index >= 15 is 0 Å². The lowest BCUT2D eigenvalue weighted by atomic mass is 9.97. The molecule has 0 spiro atoms. The summed E-state index contributed by atoms with van der Waals surface area (Å²) in [5.41, 5.74) is 1.17. The molecule has 0 aliphatic carbocycles. The first-order valence-corrected chi connectivity index (χ1v) is 10.8. The molecular weight excluding hydrogens is 397 g/mol. The van der Waals surface area contributed by atoms with Crippen LogP contribution in [0.2, 0.25) is 0 Å². The number of piperidine rings is 1. The van der Waals surface area contributed by atoms with Gasteiger partial charge < -0.3 is 10.2 Å². The number of para-hydroxylation sites is 2. The van der Waals surface area contributed by atoms with Crippen molar-refractivity contribution in [2.24, 2.45) is 5.92 Å². The van der Waals surface area contributed by atoms with Gasteiger partial charge in [-0.1, -0.05) is 12.1 Å². The largest absolute Gasteiger partial charge is 0.323 e. The molecule has 0 aromatic heterocycles. The standard InChI is InChI=1S/C20H20FN3O4S/c21-15-7-9-16(10-8-15)29(27,28)23-11-3-4-14(12-23)20(26)24-13-19(25)22-17-5-1-2-6-18(17)24/h1-2,5-10,14H,3-4,11-13H2,(H,22,25)/t14-/m1/s1. The zero-order valence-electron chi connectivity index (χ0n) is 15.5. The van der Waals surface area contributed by atoms with Crippen molar-refractivity contribution in [1.82, 2.24) is 4.31 Å². The van der Waals surface area contributed by atoms with Crippen LogP contribution >= 0.6 is 0 Å². The Balaban J connectivity index is 1.57. The third kappa shape index (κ3) is 3.75. The summed E-state index contributed by atoms with van der Waals surface area (Å²) in [6.45, 7) is 0.219. The Bertz CT molecular complexity index is 1060. The minimum absolute atomic E-state index is 0.00491. The van der Waals surface area contributed by atoms with Crippen molar-refractivity contribution < 1.29 is 22.4 Å². The highest BCUT2D eigenvalue weighted by atomic mass is 32.2. The van der Waals surface area contributed by atoms with E-state index in [0.717, 1.165) is 12.1 Å². The Morgan fingerprint density at radius 1 is 1.10 bits per heavy atom. The number of carbonyl (C=O) groups is 2. The van der Waals surface area contributed by atoms with Gasteiger partial charge in [0.15, 0.2) is 0 Å². The average molecular weight is 417 g/mol. The highest BCUT2D eigenvalue weighted by Gasteiger charge is 2.37. The Hall–Kier alpha value is -2.78. The third-order valence-corrected chi connectivity index (χ3v) is 7.10. The molecule has 9 heteroatoms. The van der Waals surface area contributed by atoms with E-state index in [1.807, 2.05) is 0 Å². The molecule has 1 N–H and O–H groups in total. The summed E-state index contributed by atoms with van der Waals surface area (Å²) in [6.07, 6.45) is 1.06. The molecule has 1 atom stereocenters. The number of nitrogens with zero attached hydrogens (tertiary/aromatic N) is 2. The summed E-state index contributed by atoms with van der Waals surface area (Å²) in [7, 11) is -3.83. The zero-order valence-corrected chi connectivity index (χ0v) is 16.4. The van der Waals surface area contributed by atoms with Crippen LogP contribution in [0.3, 0.4) is 0 Å². The van der Waals surface area contributed by atoms with Crippen LogP contribution in [-0.4, -0.2) is 44.2 Å². The highest BCUT2D eigenvalue weighted by molar-refractivity contribution is 7.89. The molecule has 0 radical (unpaired) electrons. The number of halogens is 1. The van der Waals surface area contributed by atoms with Crippen LogP contribution in [0.4, 0.5) is 15.8 Å². The molecule has 7 nitrogen and oxygen atoms in total. The summed E-state index contributed by atoms with van der Waals surface area (Å²) in [6, 6.07) is 11.7. The third-order valence-electron chi connectivity index (χ3n) is 5.22. The fraction of sp³-hybridized carbons (Fsp3) is 0.300. The van der Waals surface area contributed by atoms with Gasteiger partial charge in [-0.25, -0.2) is 12.8 Å². The van der Waals surface area contributed by atoms with Gasteiger partial charge in [0.2, 0.25) is 21.8 Å². The quantitative estimate of drug-likeness (QED) is 0.830. The fourth-order valence-corrected chi connectivity index (χ4v) is 5.29. The van der Waals surface area contributed by atoms with Crippen LogP contribution in [0, 0.1) is 11.7 Å². The Labute approximate surface area is 168 Å². The second-order valence-electron chi connectivity index (χ2n) is 7.15. The van der Waals surface area contributed by atoms with E-state index in [9.17, 15) is 22.4 Å². The smallest absolute Gasteiger partial charge is 0.244 e. The zero-order chi connectivity index (χ0) is 20.6. The summed E-state index contributed by atoms with van der Waals surface area (Å²) < 4.78 is 40.2. The van der Waals surface area contributed by atoms with Crippen molar-refractivity contribution >= 4 is 33.2 Å². The van der Waals surface area contributed by atoms with Crippen molar-refractivity contribution in [1.29, 1.82) is 0 Å². The van der Waals surface area contributed by atoms with E-state index < -0.39 is 21.8 Å². The molecule has 4 rings (SSSR count). The maximum absolute atomic E-state index is 13.2. The summed E-state index contributed by atoms with van der Waals surface area (Å²) in [5.74, 6) is -1.63. The summed E-state index contributed by atoms with van der Waals surface area (Å²) in [4.78, 5) is 26.6. The van der Waals surface area contributed by atoms with Crippen LogP contribution in [-0.2, 0) is 19.6 Å². The monoisotopic (exact) mass is 417 g/mol. The van der Waals surface area contributed by atoms with E-state index in [4.69, 9.17) is 0 Å². The maximum Gasteiger partial charge on any atom is 0.244 e. The van der Waals surface area contributed by atoms with Crippen LogP contribution in [0.15, 0.2) is 53.4 Å². The van der Waals surface area contributed by atoms with Crippen LogP contribution < -0.4 is 10.2 Å². The van der Waals surface area contributed by atoms with Crippen molar-refractivity contribution in [2.45, 2.75) is 17.7 Å². The van der Waals surface area contributed by atoms with E-state index in [-0.39, 0.29) is 29.8 Å². The molecule has 1 saturated heterocycles. The number of rotatable bonds is 3. The number of fused-ring (bicyclic) bond motifs is 1. The van der Waals surface area contributed by atoms with Crippen LogP contribution in [0.1, 0.15) is 12.8 Å². The molecule has 2 aromatic rings. The van der Waals surface area contributed by atoms with Crippen LogP contribution in [0.5, 0.6) is 0 Å². The normalized spacial score (nSPS) is 20.1. The topological polar surface area (TPSA) is 86.8 Å². The lowest BCUT2D eigenvalue weighted by molar-refractivity contribution is -0.125. The summed E-state index contributed by atoms with van der Waals surface area (Å²) in [5, 5.41) is 2.74. The maximum atomic E-state index is 13.2. The number of benzene rings is 2. The molecule has 1 fully saturated rings. The lowest BCUT2D eigenvalue weighted by Gasteiger charge is -2.36. The van der Waals surface area contributed by atoms with Crippen LogP contribution in [0.25, 0.3) is 0 Å². The molecule has 0 unspecified atom stereocenters. The molecule has 152 valence electrons. The van der Waals surface area contributed by atoms with Gasteiger partial charge in [0, 0.05) is 13.1 Å². The fourth-order valence-electron chi connectivity index (χ4n) is 3.77.